The average Bonchev–Trinajstić information content (AvgIpc) is 3.05. The summed E-state index contributed by atoms with van der Waals surface area (Å²) in [6.07, 6.45) is 1.73. The summed E-state index contributed by atoms with van der Waals surface area (Å²) in [7, 11) is 0. The number of benzene rings is 2. The SMILES string of the molecule is NC(=O)c1ccc2nc(-c3ccccc3)c(NCc3ccccc3)n2c1. The molecule has 2 aromatic heterocycles. The third-order valence-electron chi connectivity index (χ3n) is 4.25. The van der Waals surface area contributed by atoms with E-state index in [1.807, 2.05) is 52.9 Å². The number of aromatic nitrogens is 2. The number of nitrogens with one attached hydrogen (secondary N) is 1. The van der Waals surface area contributed by atoms with Crippen molar-refractivity contribution in [2.75, 3.05) is 5.32 Å². The number of anilines is 1. The lowest BCUT2D eigenvalue weighted by molar-refractivity contribution is 0.1000. The Hall–Kier alpha value is -3.60. The first-order chi connectivity index (χ1) is 12.7. The minimum Gasteiger partial charge on any atom is -0.366 e. The number of nitrogens with zero attached hydrogens (tertiary/aromatic N) is 2. The minimum atomic E-state index is -0.462. The van der Waals surface area contributed by atoms with Crippen molar-refractivity contribution in [1.29, 1.82) is 0 Å². The number of fused-ring (bicyclic) bond motifs is 1. The van der Waals surface area contributed by atoms with Crippen molar-refractivity contribution < 1.29 is 4.79 Å². The van der Waals surface area contributed by atoms with Crippen LogP contribution < -0.4 is 11.1 Å². The molecule has 5 nitrogen and oxygen atoms in total. The van der Waals surface area contributed by atoms with Gasteiger partial charge in [0, 0.05) is 18.3 Å². The van der Waals surface area contributed by atoms with E-state index < -0.39 is 5.91 Å². The van der Waals surface area contributed by atoms with Gasteiger partial charge in [-0.25, -0.2) is 4.98 Å². The Bertz CT molecular complexity index is 1060. The van der Waals surface area contributed by atoms with E-state index in [9.17, 15) is 4.79 Å². The topological polar surface area (TPSA) is 72.4 Å². The molecule has 26 heavy (non-hydrogen) atoms. The summed E-state index contributed by atoms with van der Waals surface area (Å²) in [6.45, 7) is 0.648. The maximum atomic E-state index is 11.6. The largest absolute Gasteiger partial charge is 0.366 e. The van der Waals surface area contributed by atoms with Crippen molar-refractivity contribution in [2.24, 2.45) is 5.73 Å². The minimum absolute atomic E-state index is 0.442. The first-order valence-corrected chi connectivity index (χ1v) is 8.37. The van der Waals surface area contributed by atoms with Gasteiger partial charge in [-0.1, -0.05) is 60.7 Å². The Balaban J connectivity index is 1.82. The third-order valence-corrected chi connectivity index (χ3v) is 4.25. The first-order valence-electron chi connectivity index (χ1n) is 8.37. The zero-order valence-corrected chi connectivity index (χ0v) is 14.1. The molecule has 128 valence electrons. The summed E-state index contributed by atoms with van der Waals surface area (Å²) in [6, 6.07) is 23.6. The monoisotopic (exact) mass is 342 g/mol. The number of imidazole rings is 1. The second-order valence-corrected chi connectivity index (χ2v) is 6.02. The smallest absolute Gasteiger partial charge is 0.250 e. The number of hydrogen-bond acceptors (Lipinski definition) is 3. The van der Waals surface area contributed by atoms with E-state index >= 15 is 0 Å². The number of carbonyl (C=O) groups excluding carboxylic acids is 1. The van der Waals surface area contributed by atoms with Crippen LogP contribution in [0.5, 0.6) is 0 Å². The molecule has 3 N–H and O–H groups in total. The second-order valence-electron chi connectivity index (χ2n) is 6.02. The summed E-state index contributed by atoms with van der Waals surface area (Å²) in [5, 5.41) is 3.47. The fourth-order valence-corrected chi connectivity index (χ4v) is 2.94. The highest BCUT2D eigenvalue weighted by atomic mass is 16.1. The number of hydrogen-bond donors (Lipinski definition) is 2. The quantitative estimate of drug-likeness (QED) is 0.581. The van der Waals surface area contributed by atoms with Gasteiger partial charge in [-0.2, -0.15) is 0 Å². The van der Waals surface area contributed by atoms with E-state index in [-0.39, 0.29) is 0 Å². The molecule has 1 amide bonds. The normalized spacial score (nSPS) is 10.8. The van der Waals surface area contributed by atoms with Crippen LogP contribution in [0.15, 0.2) is 79.0 Å². The third kappa shape index (κ3) is 3.02. The molecular weight excluding hydrogens is 324 g/mol. The number of rotatable bonds is 5. The lowest BCUT2D eigenvalue weighted by atomic mass is 10.1. The van der Waals surface area contributed by atoms with Crippen molar-refractivity contribution in [3.63, 3.8) is 0 Å². The fraction of sp³-hybridized carbons (Fsp3) is 0.0476. The van der Waals surface area contributed by atoms with Crippen molar-refractivity contribution >= 4 is 17.4 Å². The van der Waals surface area contributed by atoms with Crippen LogP contribution in [0.2, 0.25) is 0 Å². The molecule has 0 spiro atoms. The highest BCUT2D eigenvalue weighted by Gasteiger charge is 2.15. The van der Waals surface area contributed by atoms with Crippen LogP contribution in [-0.2, 0) is 6.54 Å². The molecule has 0 saturated heterocycles. The van der Waals surface area contributed by atoms with Gasteiger partial charge in [0.05, 0.1) is 5.56 Å². The van der Waals surface area contributed by atoms with Crippen molar-refractivity contribution in [3.05, 3.63) is 90.1 Å². The summed E-state index contributed by atoms with van der Waals surface area (Å²) < 4.78 is 1.88. The van der Waals surface area contributed by atoms with Crippen LogP contribution in [-0.4, -0.2) is 15.3 Å². The Morgan fingerprint density at radius 2 is 1.65 bits per heavy atom. The standard InChI is InChI=1S/C21H18N4O/c22-20(26)17-11-12-18-24-19(16-9-5-2-6-10-16)21(25(18)14-17)23-13-15-7-3-1-4-8-15/h1-12,14,23H,13H2,(H2,22,26). The number of pyridine rings is 1. The van der Waals surface area contributed by atoms with Crippen LogP contribution in [0.4, 0.5) is 5.82 Å². The number of primary amides is 1. The molecule has 0 aliphatic carbocycles. The van der Waals surface area contributed by atoms with Gasteiger partial charge in [0.1, 0.15) is 17.2 Å². The molecule has 0 aliphatic heterocycles. The first kappa shape index (κ1) is 15.9. The maximum absolute atomic E-state index is 11.6. The highest BCUT2D eigenvalue weighted by molar-refractivity contribution is 5.93. The molecule has 0 aliphatic rings. The molecule has 5 heteroatoms. The summed E-state index contributed by atoms with van der Waals surface area (Å²) >= 11 is 0. The van der Waals surface area contributed by atoms with Crippen molar-refractivity contribution in [2.45, 2.75) is 6.54 Å². The summed E-state index contributed by atoms with van der Waals surface area (Å²) in [5.74, 6) is 0.369. The van der Waals surface area contributed by atoms with Gasteiger partial charge < -0.3 is 11.1 Å². The molecule has 0 fully saturated rings. The predicted octanol–water partition coefficient (Wildman–Crippen LogP) is 3.71. The van der Waals surface area contributed by atoms with E-state index in [2.05, 4.69) is 17.4 Å². The van der Waals surface area contributed by atoms with Crippen molar-refractivity contribution in [3.8, 4) is 11.3 Å². The zero-order chi connectivity index (χ0) is 17.9. The molecule has 0 unspecified atom stereocenters. The van der Waals surface area contributed by atoms with Gasteiger partial charge in [0.15, 0.2) is 0 Å². The van der Waals surface area contributed by atoms with Crippen LogP contribution in [0.1, 0.15) is 15.9 Å². The number of amides is 1. The molecule has 0 atom stereocenters. The van der Waals surface area contributed by atoms with Gasteiger partial charge >= 0.3 is 0 Å². The van der Waals surface area contributed by atoms with Gasteiger partial charge in [0.25, 0.3) is 0 Å². The Kier molecular flexibility index (Phi) is 4.11. The van der Waals surface area contributed by atoms with E-state index in [1.54, 1.807) is 18.3 Å². The van der Waals surface area contributed by atoms with Crippen LogP contribution in [0.25, 0.3) is 16.9 Å². The van der Waals surface area contributed by atoms with Gasteiger partial charge in [-0.3, -0.25) is 9.20 Å². The Morgan fingerprint density at radius 1 is 0.962 bits per heavy atom. The van der Waals surface area contributed by atoms with E-state index in [1.165, 1.54) is 0 Å². The van der Waals surface area contributed by atoms with Gasteiger partial charge in [0.2, 0.25) is 5.91 Å². The molecule has 4 aromatic rings. The fourth-order valence-electron chi connectivity index (χ4n) is 2.94. The molecule has 0 radical (unpaired) electrons. The number of nitrogens with two attached hydrogens (primary N) is 1. The Labute approximate surface area is 151 Å². The lowest BCUT2D eigenvalue weighted by Crippen LogP contribution is -2.12. The Morgan fingerprint density at radius 3 is 2.35 bits per heavy atom. The molecule has 0 bridgehead atoms. The number of carbonyl (C=O) groups is 1. The van der Waals surface area contributed by atoms with Crippen LogP contribution >= 0.6 is 0 Å². The summed E-state index contributed by atoms with van der Waals surface area (Å²) in [4.78, 5) is 16.3. The average molecular weight is 342 g/mol. The second kappa shape index (κ2) is 6.72. The highest BCUT2D eigenvalue weighted by Crippen LogP contribution is 2.29. The maximum Gasteiger partial charge on any atom is 0.250 e. The van der Waals surface area contributed by atoms with Gasteiger partial charge in [-0.05, 0) is 17.7 Å². The zero-order valence-electron chi connectivity index (χ0n) is 14.1. The van der Waals surface area contributed by atoms with E-state index in [4.69, 9.17) is 10.7 Å². The molecule has 2 heterocycles. The molecule has 2 aromatic carbocycles. The van der Waals surface area contributed by atoms with Gasteiger partial charge in [-0.15, -0.1) is 0 Å². The summed E-state index contributed by atoms with van der Waals surface area (Å²) in [5.41, 5.74) is 9.64. The van der Waals surface area contributed by atoms with Crippen molar-refractivity contribution in [1.82, 2.24) is 9.38 Å². The molecular formula is C21H18N4O. The van der Waals surface area contributed by atoms with Crippen LogP contribution in [0, 0.1) is 0 Å². The predicted molar refractivity (Wildman–Crippen MR) is 103 cm³/mol. The molecule has 0 saturated carbocycles. The van der Waals surface area contributed by atoms with E-state index in [0.717, 1.165) is 28.3 Å². The lowest BCUT2D eigenvalue weighted by Gasteiger charge is -2.09. The van der Waals surface area contributed by atoms with E-state index in [0.29, 0.717) is 12.1 Å². The molecule has 4 rings (SSSR count). The van der Waals surface area contributed by atoms with Crippen LogP contribution in [0.3, 0.4) is 0 Å².